The van der Waals surface area contributed by atoms with E-state index in [1.807, 2.05) is 0 Å². The summed E-state index contributed by atoms with van der Waals surface area (Å²) in [5, 5.41) is 0. The first kappa shape index (κ1) is 10.0. The molecule has 1 fully saturated rings. The van der Waals surface area contributed by atoms with Crippen LogP contribution in [0, 0.1) is 0 Å². The first-order chi connectivity index (χ1) is 7.67. The van der Waals surface area contributed by atoms with E-state index in [9.17, 15) is 0 Å². The Kier molecular flexibility index (Phi) is 2.13. The van der Waals surface area contributed by atoms with Crippen LogP contribution >= 0.6 is 0 Å². The van der Waals surface area contributed by atoms with E-state index in [2.05, 4.69) is 36.9 Å². The van der Waals surface area contributed by atoms with Crippen LogP contribution < -0.4 is 9.64 Å². The van der Waals surface area contributed by atoms with Crippen LogP contribution in [0.25, 0.3) is 0 Å². The zero-order valence-corrected chi connectivity index (χ0v) is 10.1. The molecule has 0 amide bonds. The molecule has 1 aromatic rings. The van der Waals surface area contributed by atoms with E-state index in [0.717, 1.165) is 12.4 Å². The lowest BCUT2D eigenvalue weighted by Gasteiger charge is -2.19. The molecule has 2 nitrogen and oxygen atoms in total. The fraction of sp³-hybridized carbons (Fsp3) is 0.571. The summed E-state index contributed by atoms with van der Waals surface area (Å²) in [7, 11) is 0. The third-order valence-electron chi connectivity index (χ3n) is 3.75. The molecular formula is C14H19NO. The van der Waals surface area contributed by atoms with Crippen molar-refractivity contribution >= 4 is 5.69 Å². The molecule has 2 heterocycles. The molecule has 0 atom stereocenters. The van der Waals surface area contributed by atoms with E-state index in [-0.39, 0.29) is 5.41 Å². The van der Waals surface area contributed by atoms with Crippen LogP contribution in [0.2, 0.25) is 0 Å². The van der Waals surface area contributed by atoms with Crippen molar-refractivity contribution < 1.29 is 4.74 Å². The fourth-order valence-corrected chi connectivity index (χ4v) is 2.70. The van der Waals surface area contributed by atoms with Gasteiger partial charge in [-0.05, 0) is 18.9 Å². The third-order valence-corrected chi connectivity index (χ3v) is 3.75. The molecule has 16 heavy (non-hydrogen) atoms. The van der Waals surface area contributed by atoms with Gasteiger partial charge in [-0.25, -0.2) is 0 Å². The van der Waals surface area contributed by atoms with Crippen LogP contribution in [0.3, 0.4) is 0 Å². The maximum Gasteiger partial charge on any atom is 0.125 e. The third kappa shape index (κ3) is 1.48. The lowest BCUT2D eigenvalue weighted by atomic mass is 9.87. The van der Waals surface area contributed by atoms with Crippen molar-refractivity contribution in [3.05, 3.63) is 23.8 Å². The van der Waals surface area contributed by atoms with E-state index >= 15 is 0 Å². The minimum Gasteiger partial charge on any atom is -0.492 e. The summed E-state index contributed by atoms with van der Waals surface area (Å²) in [6.45, 7) is 7.69. The Morgan fingerprint density at radius 2 is 1.94 bits per heavy atom. The number of rotatable bonds is 1. The Morgan fingerprint density at radius 1 is 1.19 bits per heavy atom. The zero-order valence-electron chi connectivity index (χ0n) is 10.1. The number of hydrogen-bond donors (Lipinski definition) is 0. The Labute approximate surface area is 97.2 Å². The van der Waals surface area contributed by atoms with Crippen LogP contribution in [0.5, 0.6) is 5.75 Å². The maximum atomic E-state index is 5.79. The Balaban J connectivity index is 1.95. The minimum absolute atomic E-state index is 0.179. The van der Waals surface area contributed by atoms with Gasteiger partial charge in [-0.2, -0.15) is 0 Å². The van der Waals surface area contributed by atoms with Gasteiger partial charge in [0.2, 0.25) is 0 Å². The monoisotopic (exact) mass is 217 g/mol. The SMILES string of the molecule is CC1(C)COc2cc(N3CCCC3)ccc21. The summed E-state index contributed by atoms with van der Waals surface area (Å²) in [6, 6.07) is 6.71. The van der Waals surface area contributed by atoms with Gasteiger partial charge in [0.05, 0.1) is 6.61 Å². The second-order valence-electron chi connectivity index (χ2n) is 5.55. The maximum absolute atomic E-state index is 5.79. The van der Waals surface area contributed by atoms with Crippen molar-refractivity contribution in [1.82, 2.24) is 0 Å². The summed E-state index contributed by atoms with van der Waals surface area (Å²) in [6.07, 6.45) is 2.65. The first-order valence-electron chi connectivity index (χ1n) is 6.19. The topological polar surface area (TPSA) is 12.5 Å². The van der Waals surface area contributed by atoms with Gasteiger partial charge in [0, 0.05) is 35.8 Å². The van der Waals surface area contributed by atoms with E-state index < -0.39 is 0 Å². The first-order valence-corrected chi connectivity index (χ1v) is 6.19. The van der Waals surface area contributed by atoms with E-state index in [0.29, 0.717) is 0 Å². The highest BCUT2D eigenvalue weighted by Gasteiger charge is 2.32. The van der Waals surface area contributed by atoms with Crippen LogP contribution in [-0.4, -0.2) is 19.7 Å². The Bertz CT molecular complexity index is 405. The zero-order chi connectivity index (χ0) is 11.2. The largest absolute Gasteiger partial charge is 0.492 e. The van der Waals surface area contributed by atoms with Crippen molar-refractivity contribution in [1.29, 1.82) is 0 Å². The summed E-state index contributed by atoms with van der Waals surface area (Å²) >= 11 is 0. The second kappa shape index (κ2) is 3.41. The van der Waals surface area contributed by atoms with Gasteiger partial charge < -0.3 is 9.64 Å². The van der Waals surface area contributed by atoms with Crippen LogP contribution in [0.15, 0.2) is 18.2 Å². The van der Waals surface area contributed by atoms with E-state index in [1.54, 1.807) is 0 Å². The van der Waals surface area contributed by atoms with Gasteiger partial charge in [-0.15, -0.1) is 0 Å². The number of fused-ring (bicyclic) bond motifs is 1. The molecule has 0 spiro atoms. The number of anilines is 1. The van der Waals surface area contributed by atoms with Crippen molar-refractivity contribution in [2.24, 2.45) is 0 Å². The molecule has 0 aliphatic carbocycles. The molecule has 0 unspecified atom stereocenters. The molecule has 0 N–H and O–H groups in total. The normalized spacial score (nSPS) is 22.0. The molecular weight excluding hydrogens is 198 g/mol. The predicted molar refractivity (Wildman–Crippen MR) is 66.4 cm³/mol. The number of ether oxygens (including phenoxy) is 1. The second-order valence-corrected chi connectivity index (χ2v) is 5.55. The van der Waals surface area contributed by atoms with Gasteiger partial charge in [-0.1, -0.05) is 19.9 Å². The van der Waals surface area contributed by atoms with Crippen molar-refractivity contribution in [3.8, 4) is 5.75 Å². The standard InChI is InChI=1S/C14H19NO/c1-14(2)10-16-13-9-11(5-6-12(13)14)15-7-3-4-8-15/h5-6,9H,3-4,7-8,10H2,1-2H3. The molecule has 0 radical (unpaired) electrons. The molecule has 1 aromatic carbocycles. The minimum atomic E-state index is 0.179. The lowest BCUT2D eigenvalue weighted by Crippen LogP contribution is -2.18. The molecule has 1 saturated heterocycles. The van der Waals surface area contributed by atoms with Crippen molar-refractivity contribution in [2.75, 3.05) is 24.6 Å². The summed E-state index contributed by atoms with van der Waals surface area (Å²) in [5.74, 6) is 1.09. The molecule has 2 aliphatic heterocycles. The number of benzene rings is 1. The fourth-order valence-electron chi connectivity index (χ4n) is 2.70. The van der Waals surface area contributed by atoms with Crippen molar-refractivity contribution in [3.63, 3.8) is 0 Å². The molecule has 3 rings (SSSR count). The van der Waals surface area contributed by atoms with Gasteiger partial charge in [0.15, 0.2) is 0 Å². The van der Waals surface area contributed by atoms with Crippen LogP contribution in [-0.2, 0) is 5.41 Å². The van der Waals surface area contributed by atoms with Gasteiger partial charge in [0.25, 0.3) is 0 Å². The molecule has 2 aliphatic rings. The summed E-state index contributed by atoms with van der Waals surface area (Å²) < 4.78 is 5.79. The highest BCUT2D eigenvalue weighted by atomic mass is 16.5. The Morgan fingerprint density at radius 3 is 2.69 bits per heavy atom. The van der Waals surface area contributed by atoms with Gasteiger partial charge in [-0.3, -0.25) is 0 Å². The molecule has 0 bridgehead atoms. The average Bonchev–Trinajstić information content (AvgIpc) is 2.87. The van der Waals surface area contributed by atoms with Crippen LogP contribution in [0.1, 0.15) is 32.3 Å². The molecule has 0 aromatic heterocycles. The van der Waals surface area contributed by atoms with Crippen LogP contribution in [0.4, 0.5) is 5.69 Å². The number of nitrogens with zero attached hydrogens (tertiary/aromatic N) is 1. The number of hydrogen-bond acceptors (Lipinski definition) is 2. The smallest absolute Gasteiger partial charge is 0.125 e. The highest BCUT2D eigenvalue weighted by molar-refractivity contribution is 5.57. The molecule has 86 valence electrons. The van der Waals surface area contributed by atoms with E-state index in [1.165, 1.54) is 37.2 Å². The summed E-state index contributed by atoms with van der Waals surface area (Å²) in [5.41, 5.74) is 2.86. The predicted octanol–water partition coefficient (Wildman–Crippen LogP) is 2.96. The molecule has 0 saturated carbocycles. The Hall–Kier alpha value is -1.18. The highest BCUT2D eigenvalue weighted by Crippen LogP contribution is 2.40. The van der Waals surface area contributed by atoms with E-state index in [4.69, 9.17) is 4.74 Å². The van der Waals surface area contributed by atoms with Gasteiger partial charge >= 0.3 is 0 Å². The van der Waals surface area contributed by atoms with Crippen molar-refractivity contribution in [2.45, 2.75) is 32.1 Å². The lowest BCUT2D eigenvalue weighted by molar-refractivity contribution is 0.291. The summed E-state index contributed by atoms with van der Waals surface area (Å²) in [4.78, 5) is 2.45. The quantitative estimate of drug-likeness (QED) is 0.717. The molecule has 2 heteroatoms. The average molecular weight is 217 g/mol. The van der Waals surface area contributed by atoms with Gasteiger partial charge in [0.1, 0.15) is 5.75 Å².